The third-order valence-corrected chi connectivity index (χ3v) is 2.20. The number of nitriles is 1. The van der Waals surface area contributed by atoms with E-state index in [2.05, 4.69) is 15.5 Å². The van der Waals surface area contributed by atoms with E-state index in [1.54, 1.807) is 26.8 Å². The standard InChI is InChI=1S/C13H19N5O2/c1-13(2,3)20-12(19)16-7-5-4-6-10-9(8-14)11(15)18-17-10/h4,6H,5,7H2,1-3H3,(H,16,19)(H3,15,17,18). The van der Waals surface area contributed by atoms with Gasteiger partial charge in [-0.15, -0.1) is 0 Å². The van der Waals surface area contributed by atoms with Crippen LogP contribution in [0.3, 0.4) is 0 Å². The van der Waals surface area contributed by atoms with Crippen LogP contribution >= 0.6 is 0 Å². The number of rotatable bonds is 4. The summed E-state index contributed by atoms with van der Waals surface area (Å²) < 4.78 is 5.09. The number of carbonyl (C=O) groups is 1. The molecule has 1 aromatic heterocycles. The molecule has 0 fully saturated rings. The molecule has 1 amide bonds. The molecule has 0 bridgehead atoms. The Morgan fingerprint density at radius 2 is 2.30 bits per heavy atom. The van der Waals surface area contributed by atoms with Crippen molar-refractivity contribution in [2.24, 2.45) is 0 Å². The van der Waals surface area contributed by atoms with Crippen LogP contribution in [0.25, 0.3) is 6.08 Å². The van der Waals surface area contributed by atoms with E-state index in [1.165, 1.54) is 0 Å². The zero-order valence-electron chi connectivity index (χ0n) is 11.9. The number of H-pyrrole nitrogens is 1. The second kappa shape index (κ2) is 6.61. The van der Waals surface area contributed by atoms with Crippen molar-refractivity contribution in [2.75, 3.05) is 12.3 Å². The van der Waals surface area contributed by atoms with Gasteiger partial charge in [-0.05, 0) is 33.3 Å². The molecule has 0 saturated carbocycles. The highest BCUT2D eigenvalue weighted by Crippen LogP contribution is 2.13. The summed E-state index contributed by atoms with van der Waals surface area (Å²) in [5.74, 6) is 0.180. The number of nitrogen functional groups attached to an aromatic ring is 1. The maximum atomic E-state index is 11.4. The summed E-state index contributed by atoms with van der Waals surface area (Å²) in [6, 6.07) is 1.97. The summed E-state index contributed by atoms with van der Waals surface area (Å²) in [7, 11) is 0. The second-order valence-electron chi connectivity index (χ2n) is 5.13. The van der Waals surface area contributed by atoms with Crippen molar-refractivity contribution < 1.29 is 9.53 Å². The van der Waals surface area contributed by atoms with Crippen LogP contribution in [0.4, 0.5) is 10.6 Å². The average Bonchev–Trinajstić information content (AvgIpc) is 2.67. The van der Waals surface area contributed by atoms with Crippen molar-refractivity contribution >= 4 is 18.0 Å². The molecule has 1 aromatic rings. The maximum Gasteiger partial charge on any atom is 0.407 e. The van der Waals surface area contributed by atoms with Crippen molar-refractivity contribution in [3.8, 4) is 6.07 Å². The van der Waals surface area contributed by atoms with Crippen LogP contribution in [0.1, 0.15) is 38.4 Å². The highest BCUT2D eigenvalue weighted by Gasteiger charge is 2.15. The lowest BCUT2D eigenvalue weighted by atomic mass is 10.2. The predicted octanol–water partition coefficient (Wildman–Crippen LogP) is 1.79. The summed E-state index contributed by atoms with van der Waals surface area (Å²) in [5.41, 5.74) is 5.88. The van der Waals surface area contributed by atoms with E-state index in [9.17, 15) is 4.79 Å². The van der Waals surface area contributed by atoms with Gasteiger partial charge >= 0.3 is 6.09 Å². The van der Waals surface area contributed by atoms with Crippen LogP contribution in [-0.4, -0.2) is 28.4 Å². The monoisotopic (exact) mass is 277 g/mol. The van der Waals surface area contributed by atoms with Gasteiger partial charge in [0.05, 0.1) is 5.69 Å². The molecule has 0 unspecified atom stereocenters. The van der Waals surface area contributed by atoms with Crippen LogP contribution in [0.15, 0.2) is 6.08 Å². The molecule has 1 rings (SSSR count). The third kappa shape index (κ3) is 5.02. The van der Waals surface area contributed by atoms with Gasteiger partial charge in [0.2, 0.25) is 0 Å². The highest BCUT2D eigenvalue weighted by molar-refractivity contribution is 5.67. The zero-order chi connectivity index (χ0) is 15.2. The number of aromatic amines is 1. The molecule has 0 aliphatic carbocycles. The summed E-state index contributed by atoms with van der Waals surface area (Å²) in [4.78, 5) is 11.4. The van der Waals surface area contributed by atoms with Gasteiger partial charge in [-0.2, -0.15) is 10.4 Å². The zero-order valence-corrected chi connectivity index (χ0v) is 11.9. The Morgan fingerprint density at radius 1 is 1.60 bits per heavy atom. The Balaban J connectivity index is 2.36. The van der Waals surface area contributed by atoms with Crippen molar-refractivity contribution in [1.82, 2.24) is 15.5 Å². The lowest BCUT2D eigenvalue weighted by molar-refractivity contribution is 0.0529. The van der Waals surface area contributed by atoms with Gasteiger partial charge in [0.25, 0.3) is 0 Å². The van der Waals surface area contributed by atoms with E-state index in [-0.39, 0.29) is 5.82 Å². The van der Waals surface area contributed by atoms with Crippen LogP contribution in [0.5, 0.6) is 0 Å². The van der Waals surface area contributed by atoms with Crippen molar-refractivity contribution in [3.63, 3.8) is 0 Å². The molecule has 0 radical (unpaired) electrons. The molecule has 0 spiro atoms. The molecule has 20 heavy (non-hydrogen) atoms. The van der Waals surface area contributed by atoms with Crippen molar-refractivity contribution in [1.29, 1.82) is 5.26 Å². The first-order valence-electron chi connectivity index (χ1n) is 6.21. The number of alkyl carbamates (subject to hydrolysis) is 1. The van der Waals surface area contributed by atoms with Gasteiger partial charge < -0.3 is 15.8 Å². The first-order valence-corrected chi connectivity index (χ1v) is 6.21. The van der Waals surface area contributed by atoms with E-state index in [0.717, 1.165) is 0 Å². The fraction of sp³-hybridized carbons (Fsp3) is 0.462. The molecule has 0 aliphatic heterocycles. The number of nitrogens with zero attached hydrogens (tertiary/aromatic N) is 2. The van der Waals surface area contributed by atoms with Crippen molar-refractivity contribution in [2.45, 2.75) is 32.8 Å². The minimum absolute atomic E-state index is 0.180. The first kappa shape index (κ1) is 15.6. The Labute approximate surface area is 117 Å². The highest BCUT2D eigenvalue weighted by atomic mass is 16.6. The topological polar surface area (TPSA) is 117 Å². The van der Waals surface area contributed by atoms with Crippen LogP contribution in [0, 0.1) is 11.3 Å². The lowest BCUT2D eigenvalue weighted by Gasteiger charge is -2.19. The number of nitrogens with two attached hydrogens (primary N) is 1. The fourth-order valence-electron chi connectivity index (χ4n) is 1.38. The maximum absolute atomic E-state index is 11.4. The second-order valence-corrected chi connectivity index (χ2v) is 5.13. The molecule has 0 saturated heterocycles. The minimum atomic E-state index is -0.505. The number of hydrogen-bond acceptors (Lipinski definition) is 5. The van der Waals surface area contributed by atoms with Gasteiger partial charge in [-0.25, -0.2) is 4.79 Å². The Kier molecular flexibility index (Phi) is 5.15. The SMILES string of the molecule is CC(C)(C)OC(=O)NCCC=Cc1[nH]nc(N)c1C#N. The number of ether oxygens (including phenoxy) is 1. The molecule has 1 heterocycles. The van der Waals surface area contributed by atoms with Gasteiger partial charge in [0.1, 0.15) is 17.2 Å². The molecule has 0 aliphatic rings. The number of nitrogens with one attached hydrogen (secondary N) is 2. The Bertz CT molecular complexity index is 534. The van der Waals surface area contributed by atoms with Gasteiger partial charge in [-0.1, -0.05) is 6.08 Å². The number of aromatic nitrogens is 2. The third-order valence-electron chi connectivity index (χ3n) is 2.20. The molecule has 0 atom stereocenters. The van der Waals surface area contributed by atoms with Gasteiger partial charge in [-0.3, -0.25) is 5.10 Å². The number of anilines is 1. The molecule has 108 valence electrons. The number of amides is 1. The van der Waals surface area contributed by atoms with Crippen LogP contribution < -0.4 is 11.1 Å². The quantitative estimate of drug-likeness (QED) is 0.725. The molecular weight excluding hydrogens is 258 g/mol. The first-order chi connectivity index (χ1) is 9.33. The summed E-state index contributed by atoms with van der Waals surface area (Å²) in [6.45, 7) is 5.85. The van der Waals surface area contributed by atoms with Crippen molar-refractivity contribution in [3.05, 3.63) is 17.3 Å². The summed E-state index contributed by atoms with van der Waals surface area (Å²) in [6.07, 6.45) is 3.67. The molecule has 7 nitrogen and oxygen atoms in total. The van der Waals surface area contributed by atoms with E-state index < -0.39 is 11.7 Å². The van der Waals surface area contributed by atoms with Crippen LogP contribution in [0.2, 0.25) is 0 Å². The fourth-order valence-corrected chi connectivity index (χ4v) is 1.38. The molecule has 0 aromatic carbocycles. The predicted molar refractivity (Wildman–Crippen MR) is 75.6 cm³/mol. The smallest absolute Gasteiger partial charge is 0.407 e. The lowest BCUT2D eigenvalue weighted by Crippen LogP contribution is -2.32. The van der Waals surface area contributed by atoms with E-state index in [4.69, 9.17) is 15.7 Å². The number of carbonyl (C=O) groups excluding carboxylic acids is 1. The van der Waals surface area contributed by atoms with Gasteiger partial charge in [0, 0.05) is 6.54 Å². The summed E-state index contributed by atoms with van der Waals surface area (Å²) >= 11 is 0. The van der Waals surface area contributed by atoms with Crippen LogP contribution in [-0.2, 0) is 4.74 Å². The van der Waals surface area contributed by atoms with E-state index >= 15 is 0 Å². The van der Waals surface area contributed by atoms with E-state index in [0.29, 0.717) is 24.2 Å². The Hall–Kier alpha value is -2.49. The summed E-state index contributed by atoms with van der Waals surface area (Å²) in [5, 5.41) is 17.9. The molecule has 4 N–H and O–H groups in total. The van der Waals surface area contributed by atoms with Gasteiger partial charge in [0.15, 0.2) is 5.82 Å². The Morgan fingerprint density at radius 3 is 2.90 bits per heavy atom. The number of hydrogen-bond donors (Lipinski definition) is 3. The van der Waals surface area contributed by atoms with E-state index in [1.807, 2.05) is 12.1 Å². The molecular formula is C13H19N5O2. The molecule has 7 heteroatoms. The average molecular weight is 277 g/mol. The largest absolute Gasteiger partial charge is 0.444 e. The normalized spacial score (nSPS) is 11.3. The minimum Gasteiger partial charge on any atom is -0.444 e.